The molecule has 0 saturated carbocycles. The van der Waals surface area contributed by atoms with E-state index in [1.807, 2.05) is 0 Å². The van der Waals surface area contributed by atoms with Crippen LogP contribution in [0.1, 0.15) is 20.7 Å². The number of carboxylic acid groups (broad SMARTS) is 1. The molecule has 15 heavy (non-hydrogen) atoms. The van der Waals surface area contributed by atoms with Crippen LogP contribution in [0.25, 0.3) is 0 Å². The summed E-state index contributed by atoms with van der Waals surface area (Å²) in [7, 11) is 0. The first-order valence-electron chi connectivity index (χ1n) is 4.16. The molecule has 0 aliphatic carbocycles. The fourth-order valence-electron chi connectivity index (χ4n) is 1.05. The van der Waals surface area contributed by atoms with E-state index in [9.17, 15) is 9.59 Å². The van der Waals surface area contributed by atoms with Crippen LogP contribution >= 0.6 is 0 Å². The molecule has 0 aromatic heterocycles. The number of ketones is 1. The number of rotatable bonds is 2. The lowest BCUT2D eigenvalue weighted by atomic mass is 10.0. The zero-order valence-electron chi connectivity index (χ0n) is 7.86. The van der Waals surface area contributed by atoms with Crippen LogP contribution in [0.4, 0.5) is 0 Å². The van der Waals surface area contributed by atoms with Gasteiger partial charge in [0.15, 0.2) is 0 Å². The van der Waals surface area contributed by atoms with E-state index in [-0.39, 0.29) is 11.1 Å². The van der Waals surface area contributed by atoms with Gasteiger partial charge in [-0.05, 0) is 24.1 Å². The Morgan fingerprint density at radius 3 is 2.40 bits per heavy atom. The Morgan fingerprint density at radius 2 is 1.87 bits per heavy atom. The van der Waals surface area contributed by atoms with Crippen LogP contribution in [0.2, 0.25) is 0 Å². The Balaban J connectivity index is 3.19. The van der Waals surface area contributed by atoms with Crippen LogP contribution in [0.15, 0.2) is 36.9 Å². The predicted octanol–water partition coefficient (Wildman–Crippen LogP) is 1.76. The van der Waals surface area contributed by atoms with Gasteiger partial charge in [-0.3, -0.25) is 4.79 Å². The minimum atomic E-state index is -1.14. The van der Waals surface area contributed by atoms with E-state index in [1.54, 1.807) is 12.1 Å². The molecule has 3 heteroatoms. The highest BCUT2D eigenvalue weighted by Gasteiger charge is 2.13. The molecule has 0 fully saturated rings. The molecule has 1 aromatic carbocycles. The third-order valence-electron chi connectivity index (χ3n) is 1.69. The fraction of sp³-hybridized carbons (Fsp3) is 0. The van der Waals surface area contributed by atoms with Gasteiger partial charge in [0.25, 0.3) is 0 Å². The van der Waals surface area contributed by atoms with Crippen molar-refractivity contribution in [1.82, 2.24) is 0 Å². The molecule has 1 N–H and O–H groups in total. The third-order valence-corrected chi connectivity index (χ3v) is 1.69. The number of carbonyl (C=O) groups is 2. The van der Waals surface area contributed by atoms with E-state index in [1.165, 1.54) is 18.2 Å². The first kappa shape index (κ1) is 10.7. The first-order valence-corrected chi connectivity index (χ1v) is 4.16. The topological polar surface area (TPSA) is 54.4 Å². The number of hydrogen-bond acceptors (Lipinski definition) is 2. The number of aromatic carboxylic acids is 1. The zero-order valence-corrected chi connectivity index (χ0v) is 7.86. The van der Waals surface area contributed by atoms with Crippen molar-refractivity contribution in [1.29, 1.82) is 0 Å². The molecule has 0 aliphatic heterocycles. The fourth-order valence-corrected chi connectivity index (χ4v) is 1.05. The van der Waals surface area contributed by atoms with Crippen molar-refractivity contribution >= 4 is 11.8 Å². The molecular weight excluding hydrogens is 192 g/mol. The Kier molecular flexibility index (Phi) is 3.42. The summed E-state index contributed by atoms with van der Waals surface area (Å²) in [5.41, 5.74) is 0.0558. The molecule has 0 unspecified atom stereocenters. The van der Waals surface area contributed by atoms with Crippen LogP contribution in [0.5, 0.6) is 0 Å². The quantitative estimate of drug-likeness (QED) is 0.449. The number of benzene rings is 1. The Labute approximate surface area is 87.0 Å². The molecule has 0 radical (unpaired) electrons. The average Bonchev–Trinajstić information content (AvgIpc) is 2.25. The summed E-state index contributed by atoms with van der Waals surface area (Å²) in [6.07, 6.45) is 1.28. The summed E-state index contributed by atoms with van der Waals surface area (Å²) in [6.45, 7) is 3.34. The summed E-state index contributed by atoms with van der Waals surface area (Å²) in [5, 5.41) is 8.82. The van der Waals surface area contributed by atoms with Gasteiger partial charge in [-0.25, -0.2) is 4.79 Å². The summed E-state index contributed by atoms with van der Waals surface area (Å²) in [4.78, 5) is 22.2. The maximum Gasteiger partial charge on any atom is 0.336 e. The van der Waals surface area contributed by atoms with Gasteiger partial charge in [0.05, 0.1) is 5.56 Å². The number of Topliss-reactive ketones (excluding diaryl/α,β-unsaturated/α-hetero) is 1. The largest absolute Gasteiger partial charge is 0.478 e. The van der Waals surface area contributed by atoms with Gasteiger partial charge in [0, 0.05) is 5.56 Å². The van der Waals surface area contributed by atoms with E-state index in [0.717, 1.165) is 0 Å². The molecule has 0 atom stereocenters. The predicted molar refractivity (Wildman–Crippen MR) is 55.7 cm³/mol. The van der Waals surface area contributed by atoms with E-state index in [0.29, 0.717) is 0 Å². The number of carbonyl (C=O) groups excluding carboxylic acids is 1. The Hall–Kier alpha value is -2.34. The summed E-state index contributed by atoms with van der Waals surface area (Å²) < 4.78 is 0. The van der Waals surface area contributed by atoms with Crippen molar-refractivity contribution in [2.75, 3.05) is 0 Å². The van der Waals surface area contributed by atoms with Crippen molar-refractivity contribution in [2.24, 2.45) is 0 Å². The van der Waals surface area contributed by atoms with E-state index >= 15 is 0 Å². The van der Waals surface area contributed by atoms with Crippen molar-refractivity contribution in [2.45, 2.75) is 0 Å². The van der Waals surface area contributed by atoms with Crippen LogP contribution in [0, 0.1) is 11.8 Å². The maximum absolute atomic E-state index is 11.4. The van der Waals surface area contributed by atoms with Gasteiger partial charge in [0.2, 0.25) is 5.78 Å². The molecule has 0 aliphatic rings. The minimum absolute atomic E-state index is 0.0409. The van der Waals surface area contributed by atoms with E-state index in [2.05, 4.69) is 18.4 Å². The molecule has 1 rings (SSSR count). The van der Waals surface area contributed by atoms with Gasteiger partial charge in [-0.2, -0.15) is 0 Å². The Bertz CT molecular complexity index is 475. The zero-order chi connectivity index (χ0) is 11.3. The molecule has 3 nitrogen and oxygen atoms in total. The monoisotopic (exact) mass is 200 g/mol. The van der Waals surface area contributed by atoms with Gasteiger partial charge in [-0.15, -0.1) is 0 Å². The van der Waals surface area contributed by atoms with Gasteiger partial charge in [-0.1, -0.05) is 24.6 Å². The second-order valence-corrected chi connectivity index (χ2v) is 2.65. The lowest BCUT2D eigenvalue weighted by Gasteiger charge is -1.99. The van der Waals surface area contributed by atoms with Crippen molar-refractivity contribution in [3.8, 4) is 11.8 Å². The molecular formula is C12H8O3. The van der Waals surface area contributed by atoms with Gasteiger partial charge >= 0.3 is 5.97 Å². The van der Waals surface area contributed by atoms with E-state index in [4.69, 9.17) is 5.11 Å². The van der Waals surface area contributed by atoms with Crippen molar-refractivity contribution in [3.63, 3.8) is 0 Å². The van der Waals surface area contributed by atoms with Crippen LogP contribution in [-0.4, -0.2) is 16.9 Å². The molecule has 74 valence electrons. The molecule has 0 saturated heterocycles. The van der Waals surface area contributed by atoms with Crippen molar-refractivity contribution in [3.05, 3.63) is 48.0 Å². The SMILES string of the molecule is C=CC#CC(=O)c1ccccc1C(=O)O. The summed E-state index contributed by atoms with van der Waals surface area (Å²) >= 11 is 0. The first-order chi connectivity index (χ1) is 7.16. The molecule has 0 bridgehead atoms. The normalized spacial score (nSPS) is 8.53. The smallest absolute Gasteiger partial charge is 0.336 e. The second kappa shape index (κ2) is 4.77. The van der Waals surface area contributed by atoms with E-state index < -0.39 is 11.8 Å². The lowest BCUT2D eigenvalue weighted by molar-refractivity contribution is 0.0693. The summed E-state index contributed by atoms with van der Waals surface area (Å²) in [5.74, 6) is 3.00. The molecule has 1 aromatic rings. The Morgan fingerprint density at radius 1 is 1.27 bits per heavy atom. The number of hydrogen-bond donors (Lipinski definition) is 1. The third kappa shape index (κ3) is 2.55. The average molecular weight is 200 g/mol. The minimum Gasteiger partial charge on any atom is -0.478 e. The van der Waals surface area contributed by atoms with Crippen LogP contribution in [0.3, 0.4) is 0 Å². The van der Waals surface area contributed by atoms with Crippen LogP contribution < -0.4 is 0 Å². The van der Waals surface area contributed by atoms with Gasteiger partial charge in [0.1, 0.15) is 0 Å². The molecule has 0 spiro atoms. The highest BCUT2D eigenvalue weighted by atomic mass is 16.4. The standard InChI is InChI=1S/C12H8O3/c1-2-3-8-11(13)9-6-4-5-7-10(9)12(14)15/h2,4-7H,1H2,(H,14,15). The van der Waals surface area contributed by atoms with Crippen LogP contribution in [-0.2, 0) is 0 Å². The van der Waals surface area contributed by atoms with Gasteiger partial charge < -0.3 is 5.11 Å². The summed E-state index contributed by atoms with van der Waals surface area (Å²) in [6, 6.07) is 5.95. The highest BCUT2D eigenvalue weighted by molar-refractivity contribution is 6.14. The second-order valence-electron chi connectivity index (χ2n) is 2.65. The number of allylic oxidation sites excluding steroid dienone is 1. The maximum atomic E-state index is 11.4. The molecule has 0 amide bonds. The lowest BCUT2D eigenvalue weighted by Crippen LogP contribution is -2.06. The molecule has 0 heterocycles. The highest BCUT2D eigenvalue weighted by Crippen LogP contribution is 2.08. The van der Waals surface area contributed by atoms with Crippen molar-refractivity contribution < 1.29 is 14.7 Å². The number of carboxylic acids is 1.